The van der Waals surface area contributed by atoms with Crippen molar-refractivity contribution in [3.63, 3.8) is 0 Å². The van der Waals surface area contributed by atoms with E-state index in [1.807, 2.05) is 12.1 Å². The van der Waals surface area contributed by atoms with Crippen LogP contribution in [0.2, 0.25) is 5.02 Å². The number of urea groups is 1. The molecule has 4 rings (SSSR count). The van der Waals surface area contributed by atoms with Crippen LogP contribution in [-0.2, 0) is 11.3 Å². The molecule has 4 amide bonds. The number of aromatic nitrogens is 3. The maximum atomic E-state index is 12.6. The van der Waals surface area contributed by atoms with Gasteiger partial charge in [-0.2, -0.15) is 9.90 Å². The maximum absolute atomic E-state index is 12.6. The molecule has 1 aromatic heterocycles. The highest BCUT2D eigenvalue weighted by molar-refractivity contribution is 6.30. The van der Waals surface area contributed by atoms with E-state index in [1.165, 1.54) is 11.0 Å². The van der Waals surface area contributed by atoms with Crippen LogP contribution >= 0.6 is 11.6 Å². The number of nitrogens with zero attached hydrogens (tertiary/aromatic N) is 3. The molecular weight excluding hydrogens is 372 g/mol. The highest BCUT2D eigenvalue weighted by Crippen LogP contribution is 2.36. The zero-order valence-electron chi connectivity index (χ0n) is 14.2. The van der Waals surface area contributed by atoms with Crippen LogP contribution < -0.4 is 16.0 Å². The maximum Gasteiger partial charge on any atom is 0.323 e. The Morgan fingerprint density at radius 2 is 2.19 bits per heavy atom. The van der Waals surface area contributed by atoms with Crippen molar-refractivity contribution in [2.75, 3.05) is 0 Å². The summed E-state index contributed by atoms with van der Waals surface area (Å²) < 4.78 is 0. The number of nitrogens with one attached hydrogen (secondary N) is 3. The molecule has 0 radical (unpaired) electrons. The van der Waals surface area contributed by atoms with Gasteiger partial charge in [0.25, 0.3) is 11.8 Å². The summed E-state index contributed by atoms with van der Waals surface area (Å²) >= 11 is 5.97. The minimum atomic E-state index is -1.43. The van der Waals surface area contributed by atoms with Gasteiger partial charge in [-0.3, -0.25) is 14.9 Å². The molecule has 1 aliphatic heterocycles. The molecule has 9 nitrogen and oxygen atoms in total. The molecule has 0 spiro atoms. The van der Waals surface area contributed by atoms with Crippen molar-refractivity contribution >= 4 is 29.4 Å². The summed E-state index contributed by atoms with van der Waals surface area (Å²) in [5.41, 5.74) is -0.480. The third-order valence-corrected chi connectivity index (χ3v) is 5.14. The highest BCUT2D eigenvalue weighted by Gasteiger charge is 2.55. The van der Waals surface area contributed by atoms with E-state index in [-0.39, 0.29) is 11.6 Å². The average molecular weight is 389 g/mol. The average Bonchev–Trinajstić information content (AvgIpc) is 3.11. The van der Waals surface area contributed by atoms with Crippen LogP contribution in [0.15, 0.2) is 30.5 Å². The molecule has 1 aliphatic carbocycles. The van der Waals surface area contributed by atoms with Gasteiger partial charge in [-0.15, -0.1) is 5.10 Å². The highest BCUT2D eigenvalue weighted by atomic mass is 35.5. The molecule has 1 saturated carbocycles. The van der Waals surface area contributed by atoms with Gasteiger partial charge in [0.1, 0.15) is 0 Å². The molecule has 140 valence electrons. The number of amides is 4. The minimum absolute atomic E-state index is 0.0599. The van der Waals surface area contributed by atoms with E-state index in [2.05, 4.69) is 26.1 Å². The topological polar surface area (TPSA) is 118 Å². The van der Waals surface area contributed by atoms with Gasteiger partial charge in [0.15, 0.2) is 11.4 Å². The Kier molecular flexibility index (Phi) is 4.31. The van der Waals surface area contributed by atoms with Crippen LogP contribution in [0.1, 0.15) is 35.3 Å². The van der Waals surface area contributed by atoms with Crippen molar-refractivity contribution < 1.29 is 14.4 Å². The van der Waals surface area contributed by atoms with Gasteiger partial charge < -0.3 is 10.6 Å². The number of hydrogen-bond donors (Lipinski definition) is 3. The second-order valence-electron chi connectivity index (χ2n) is 6.69. The van der Waals surface area contributed by atoms with E-state index in [9.17, 15) is 14.4 Å². The third kappa shape index (κ3) is 3.25. The van der Waals surface area contributed by atoms with Crippen LogP contribution in [0.3, 0.4) is 0 Å². The second-order valence-corrected chi connectivity index (χ2v) is 7.12. The lowest BCUT2D eigenvalue weighted by atomic mass is 9.75. The molecule has 1 saturated heterocycles. The van der Waals surface area contributed by atoms with Gasteiger partial charge in [0, 0.05) is 10.9 Å². The Morgan fingerprint density at radius 1 is 1.37 bits per heavy atom. The van der Waals surface area contributed by atoms with Crippen LogP contribution in [0.5, 0.6) is 0 Å². The van der Waals surface area contributed by atoms with Crippen LogP contribution in [0, 0.1) is 5.92 Å². The van der Waals surface area contributed by atoms with Crippen molar-refractivity contribution in [2.24, 2.45) is 5.92 Å². The molecular formula is C17H17ClN6O3. The molecule has 27 heavy (non-hydrogen) atoms. The van der Waals surface area contributed by atoms with E-state index >= 15 is 0 Å². The van der Waals surface area contributed by atoms with Gasteiger partial charge in [0.2, 0.25) is 0 Å². The first-order valence-electron chi connectivity index (χ1n) is 8.57. The number of hydrogen-bond acceptors (Lipinski definition) is 5. The summed E-state index contributed by atoms with van der Waals surface area (Å²) in [5, 5.41) is 16.3. The molecule has 3 N–H and O–H groups in total. The molecule has 1 unspecified atom stereocenters. The van der Waals surface area contributed by atoms with Crippen molar-refractivity contribution in [2.45, 2.75) is 31.5 Å². The Hall–Kier alpha value is -2.94. The van der Waals surface area contributed by atoms with Gasteiger partial charge in [-0.05, 0) is 30.5 Å². The smallest absolute Gasteiger partial charge is 0.320 e. The normalized spacial score (nSPS) is 22.1. The monoisotopic (exact) mass is 388 g/mol. The van der Waals surface area contributed by atoms with E-state index in [4.69, 9.17) is 11.6 Å². The fourth-order valence-corrected chi connectivity index (χ4v) is 3.52. The second kappa shape index (κ2) is 6.66. The number of imide groups is 1. The third-order valence-electron chi connectivity index (χ3n) is 4.91. The Balaban J connectivity index is 1.50. The van der Waals surface area contributed by atoms with Crippen molar-refractivity contribution in [3.8, 4) is 0 Å². The molecule has 2 fully saturated rings. The lowest BCUT2D eigenvalue weighted by Gasteiger charge is -2.40. The van der Waals surface area contributed by atoms with Gasteiger partial charge in [0.05, 0.1) is 12.7 Å². The molecule has 1 atom stereocenters. The predicted molar refractivity (Wildman–Crippen MR) is 94.8 cm³/mol. The number of carbonyl (C=O) groups is 3. The first-order chi connectivity index (χ1) is 13.0. The number of benzene rings is 1. The van der Waals surface area contributed by atoms with Gasteiger partial charge >= 0.3 is 6.03 Å². The van der Waals surface area contributed by atoms with Crippen LogP contribution in [0.4, 0.5) is 4.79 Å². The predicted octanol–water partition coefficient (Wildman–Crippen LogP) is 1.05. The minimum Gasteiger partial charge on any atom is -0.320 e. The fourth-order valence-electron chi connectivity index (χ4n) is 3.31. The first-order valence-corrected chi connectivity index (χ1v) is 8.95. The van der Waals surface area contributed by atoms with Crippen LogP contribution in [-0.4, -0.2) is 38.5 Å². The van der Waals surface area contributed by atoms with E-state index in [0.29, 0.717) is 11.6 Å². The van der Waals surface area contributed by atoms with E-state index < -0.39 is 23.5 Å². The largest absolute Gasteiger partial charge is 0.323 e. The molecule has 2 heterocycles. The fraction of sp³-hybridized carbons (Fsp3) is 0.353. The Bertz CT molecular complexity index is 925. The van der Waals surface area contributed by atoms with Crippen molar-refractivity contribution in [1.29, 1.82) is 0 Å². The summed E-state index contributed by atoms with van der Waals surface area (Å²) in [6.07, 6.45) is 3.76. The lowest BCUT2D eigenvalue weighted by molar-refractivity contribution is -0.128. The molecule has 2 aromatic rings. The quantitative estimate of drug-likeness (QED) is 0.661. The van der Waals surface area contributed by atoms with Crippen molar-refractivity contribution in [3.05, 3.63) is 46.7 Å². The summed E-state index contributed by atoms with van der Waals surface area (Å²) in [4.78, 5) is 38.0. The van der Waals surface area contributed by atoms with Gasteiger partial charge in [-0.25, -0.2) is 4.79 Å². The zero-order valence-corrected chi connectivity index (χ0v) is 15.0. The lowest BCUT2D eigenvalue weighted by Crippen LogP contribution is -2.66. The SMILES string of the molecule is O=C1NC(=O)C(NC(=O)c2cnn(Cc3cccc(Cl)c3)n2)(C2CCC2)N1. The summed E-state index contributed by atoms with van der Waals surface area (Å²) in [6.45, 7) is 0.346. The van der Waals surface area contributed by atoms with Gasteiger partial charge in [-0.1, -0.05) is 30.2 Å². The number of halogens is 1. The summed E-state index contributed by atoms with van der Waals surface area (Å²) in [7, 11) is 0. The number of carbonyl (C=O) groups excluding carboxylic acids is 3. The first kappa shape index (κ1) is 17.5. The zero-order chi connectivity index (χ0) is 19.0. The molecule has 1 aromatic carbocycles. The van der Waals surface area contributed by atoms with E-state index in [0.717, 1.165) is 24.8 Å². The summed E-state index contributed by atoms with van der Waals surface area (Å²) in [5.74, 6) is -1.26. The molecule has 0 bridgehead atoms. The number of rotatable bonds is 5. The van der Waals surface area contributed by atoms with Crippen molar-refractivity contribution in [1.82, 2.24) is 30.9 Å². The molecule has 2 aliphatic rings. The molecule has 10 heteroatoms. The Morgan fingerprint density at radius 3 is 2.81 bits per heavy atom. The summed E-state index contributed by atoms with van der Waals surface area (Å²) in [6, 6.07) is 6.63. The standard InChI is InChI=1S/C17H17ClN6O3/c18-12-6-1-3-10(7-12)9-24-19-8-13(23-24)14(25)21-17(11-4-2-5-11)15(26)20-16(27)22-17/h1,3,6-8,11H,2,4-5,9H2,(H,21,25)(H2,20,22,26,27). The van der Waals surface area contributed by atoms with E-state index in [1.54, 1.807) is 12.1 Å². The Labute approximate surface area is 159 Å². The van der Waals surface area contributed by atoms with Crippen LogP contribution in [0.25, 0.3) is 0 Å².